The third-order valence-electron chi connectivity index (χ3n) is 6.20. The molecule has 0 amide bonds. The van der Waals surface area contributed by atoms with Crippen LogP contribution >= 0.6 is 0 Å². The maximum absolute atomic E-state index is 10.1. The minimum absolute atomic E-state index is 0.157. The van der Waals surface area contributed by atoms with E-state index in [1.54, 1.807) is 13.1 Å². The zero-order valence-corrected chi connectivity index (χ0v) is 19.5. The second-order valence-electron chi connectivity index (χ2n) is 8.96. The lowest BCUT2D eigenvalue weighted by Crippen LogP contribution is -2.42. The molecule has 0 radical (unpaired) electrons. The van der Waals surface area contributed by atoms with Gasteiger partial charge in [-0.3, -0.25) is 4.90 Å². The first-order valence-electron chi connectivity index (χ1n) is 12.0. The molecule has 2 aliphatic heterocycles. The molecule has 34 heavy (non-hydrogen) atoms. The number of anilines is 3. The molecule has 10 nitrogen and oxygen atoms in total. The summed E-state index contributed by atoms with van der Waals surface area (Å²) in [5, 5.41) is 21.0. The molecule has 4 N–H and O–H groups in total. The summed E-state index contributed by atoms with van der Waals surface area (Å²) in [5.41, 5.74) is 2.46. The molecule has 2 saturated heterocycles. The molecular weight excluding hydrogens is 432 g/mol. The van der Waals surface area contributed by atoms with E-state index in [1.165, 1.54) is 5.56 Å². The van der Waals surface area contributed by atoms with Gasteiger partial charge in [0.05, 0.1) is 24.4 Å². The van der Waals surface area contributed by atoms with Crippen LogP contribution in [0.4, 0.5) is 17.6 Å². The normalized spacial score (nSPS) is 20.2. The number of ether oxygens (including phenoxy) is 1. The van der Waals surface area contributed by atoms with Crippen molar-refractivity contribution in [2.24, 2.45) is 0 Å². The number of aromatic nitrogens is 4. The number of nitrogens with one attached hydrogen (secondary N) is 3. The fraction of sp³-hybridized carbons (Fsp3) is 0.500. The van der Waals surface area contributed by atoms with Crippen LogP contribution in [0.1, 0.15) is 37.1 Å². The molecule has 0 spiro atoms. The summed E-state index contributed by atoms with van der Waals surface area (Å²) in [6, 6.07) is 6.03. The third-order valence-corrected chi connectivity index (χ3v) is 6.20. The number of nitrogens with zero attached hydrogens (tertiary/aromatic N) is 5. The third kappa shape index (κ3) is 5.58. The maximum Gasteiger partial charge on any atom is 0.229 e. The van der Waals surface area contributed by atoms with Crippen LogP contribution in [0.2, 0.25) is 0 Å². The summed E-state index contributed by atoms with van der Waals surface area (Å²) in [5.74, 6) is 1.77. The highest BCUT2D eigenvalue weighted by molar-refractivity contribution is 5.89. The molecule has 5 rings (SSSR count). The average molecular weight is 465 g/mol. The Kier molecular flexibility index (Phi) is 7.10. The summed E-state index contributed by atoms with van der Waals surface area (Å²) in [7, 11) is 0. The standard InChI is InChI=1S/C24H32N8O2/c1-16(33)20-11-18-13-27-24(31-22(18)23(29-20)28-19-3-2-10-34-15-19)30-21-5-4-17(12-26-21)14-32-8-6-25-7-9-32/h4-5,11-13,16,19,25,33H,2-3,6-10,14-15H2,1H3,(H,28,29)(H,26,27,30,31)/t16?,19-/m1/s1. The lowest BCUT2D eigenvalue weighted by molar-refractivity contribution is 0.0875. The second kappa shape index (κ2) is 10.6. The van der Waals surface area contributed by atoms with Gasteiger partial charge in [-0.1, -0.05) is 6.07 Å². The largest absolute Gasteiger partial charge is 0.387 e. The van der Waals surface area contributed by atoms with Crippen molar-refractivity contribution in [3.63, 3.8) is 0 Å². The zero-order chi connectivity index (χ0) is 23.3. The summed E-state index contributed by atoms with van der Waals surface area (Å²) in [6.45, 7) is 8.20. The van der Waals surface area contributed by atoms with Gasteiger partial charge in [0, 0.05) is 57.1 Å². The first-order valence-corrected chi connectivity index (χ1v) is 12.0. The van der Waals surface area contributed by atoms with Crippen LogP contribution < -0.4 is 16.0 Å². The van der Waals surface area contributed by atoms with Gasteiger partial charge in [0.1, 0.15) is 11.3 Å². The maximum atomic E-state index is 10.1. The Balaban J connectivity index is 1.35. The van der Waals surface area contributed by atoms with Crippen molar-refractivity contribution >= 4 is 28.5 Å². The number of aliphatic hydroxyl groups excluding tert-OH is 1. The van der Waals surface area contributed by atoms with Gasteiger partial charge < -0.3 is 25.8 Å². The van der Waals surface area contributed by atoms with Gasteiger partial charge in [0.2, 0.25) is 5.95 Å². The van der Waals surface area contributed by atoms with Crippen LogP contribution in [-0.2, 0) is 11.3 Å². The lowest BCUT2D eigenvalue weighted by atomic mass is 10.1. The van der Waals surface area contributed by atoms with Crippen LogP contribution in [0, 0.1) is 0 Å². The Labute approximate surface area is 199 Å². The SMILES string of the molecule is CC(O)c1cc2cnc(Nc3ccc(CN4CCNCC4)cn3)nc2c(N[C@@H]2CCCOC2)n1. The Morgan fingerprint density at radius 3 is 2.82 bits per heavy atom. The van der Waals surface area contributed by atoms with Gasteiger partial charge in [0.25, 0.3) is 0 Å². The predicted molar refractivity (Wildman–Crippen MR) is 131 cm³/mol. The van der Waals surface area contributed by atoms with E-state index >= 15 is 0 Å². The van der Waals surface area contributed by atoms with Crippen LogP contribution in [0.25, 0.3) is 10.9 Å². The second-order valence-corrected chi connectivity index (χ2v) is 8.96. The van der Waals surface area contributed by atoms with Gasteiger partial charge in [-0.25, -0.2) is 19.9 Å². The monoisotopic (exact) mass is 464 g/mol. The predicted octanol–water partition coefficient (Wildman–Crippen LogP) is 2.21. The Bertz CT molecular complexity index is 1100. The van der Waals surface area contributed by atoms with Crippen molar-refractivity contribution in [3.05, 3.63) is 41.9 Å². The minimum atomic E-state index is -0.686. The Hall–Kier alpha value is -2.92. The molecular formula is C24H32N8O2. The minimum Gasteiger partial charge on any atom is -0.387 e. The van der Waals surface area contributed by atoms with Crippen molar-refractivity contribution in [1.82, 2.24) is 30.2 Å². The molecule has 3 aromatic rings. The van der Waals surface area contributed by atoms with E-state index in [0.29, 0.717) is 35.4 Å². The molecule has 5 heterocycles. The van der Waals surface area contributed by atoms with Gasteiger partial charge >= 0.3 is 0 Å². The number of aliphatic hydroxyl groups is 1. The fourth-order valence-corrected chi connectivity index (χ4v) is 4.32. The van der Waals surface area contributed by atoms with Crippen molar-refractivity contribution in [2.45, 2.75) is 38.5 Å². The summed E-state index contributed by atoms with van der Waals surface area (Å²) in [6.07, 6.45) is 4.97. The molecule has 3 aromatic heterocycles. The van der Waals surface area contributed by atoms with Gasteiger partial charge in [-0.2, -0.15) is 0 Å². The Morgan fingerprint density at radius 2 is 2.09 bits per heavy atom. The quantitative estimate of drug-likeness (QED) is 0.414. The highest BCUT2D eigenvalue weighted by atomic mass is 16.5. The number of piperazine rings is 1. The smallest absolute Gasteiger partial charge is 0.229 e. The molecule has 2 fully saturated rings. The molecule has 0 bridgehead atoms. The summed E-state index contributed by atoms with van der Waals surface area (Å²) >= 11 is 0. The first-order chi connectivity index (χ1) is 16.6. The zero-order valence-electron chi connectivity index (χ0n) is 19.5. The first kappa shape index (κ1) is 22.9. The van der Waals surface area contributed by atoms with E-state index in [4.69, 9.17) is 9.72 Å². The van der Waals surface area contributed by atoms with Crippen LogP contribution in [0.3, 0.4) is 0 Å². The Morgan fingerprint density at radius 1 is 1.21 bits per heavy atom. The van der Waals surface area contributed by atoms with E-state index in [1.807, 2.05) is 18.3 Å². The van der Waals surface area contributed by atoms with Gasteiger partial charge in [0.15, 0.2) is 5.82 Å². The van der Waals surface area contributed by atoms with E-state index in [-0.39, 0.29) is 6.04 Å². The molecule has 10 heteroatoms. The van der Waals surface area contributed by atoms with Crippen molar-refractivity contribution < 1.29 is 9.84 Å². The van der Waals surface area contributed by atoms with E-state index < -0.39 is 6.10 Å². The van der Waals surface area contributed by atoms with Crippen LogP contribution in [0.15, 0.2) is 30.6 Å². The number of fused-ring (bicyclic) bond motifs is 1. The number of pyridine rings is 2. The van der Waals surface area contributed by atoms with Crippen molar-refractivity contribution in [2.75, 3.05) is 50.0 Å². The molecule has 0 saturated carbocycles. The van der Waals surface area contributed by atoms with Gasteiger partial charge in [-0.05, 0) is 37.5 Å². The van der Waals surface area contributed by atoms with Crippen LogP contribution in [0.5, 0.6) is 0 Å². The average Bonchev–Trinajstić information content (AvgIpc) is 2.86. The molecule has 0 aromatic carbocycles. The molecule has 2 aliphatic rings. The fourth-order valence-electron chi connectivity index (χ4n) is 4.32. The number of rotatable bonds is 7. The van der Waals surface area contributed by atoms with E-state index in [9.17, 15) is 5.11 Å². The van der Waals surface area contributed by atoms with E-state index in [0.717, 1.165) is 57.6 Å². The molecule has 180 valence electrons. The number of hydrogen-bond acceptors (Lipinski definition) is 10. The summed E-state index contributed by atoms with van der Waals surface area (Å²) < 4.78 is 5.61. The van der Waals surface area contributed by atoms with Crippen LogP contribution in [-0.4, -0.2) is 75.4 Å². The lowest BCUT2D eigenvalue weighted by Gasteiger charge is -2.27. The van der Waals surface area contributed by atoms with Crippen molar-refractivity contribution in [1.29, 1.82) is 0 Å². The highest BCUT2D eigenvalue weighted by Crippen LogP contribution is 2.26. The van der Waals surface area contributed by atoms with Crippen molar-refractivity contribution in [3.8, 4) is 0 Å². The summed E-state index contributed by atoms with van der Waals surface area (Å²) in [4.78, 5) is 20.8. The highest BCUT2D eigenvalue weighted by Gasteiger charge is 2.18. The molecule has 2 atom stereocenters. The van der Waals surface area contributed by atoms with Gasteiger partial charge in [-0.15, -0.1) is 0 Å². The van der Waals surface area contributed by atoms with E-state index in [2.05, 4.69) is 41.9 Å². The topological polar surface area (TPSA) is 120 Å². The molecule has 1 unspecified atom stereocenters. The number of hydrogen-bond donors (Lipinski definition) is 4. The molecule has 0 aliphatic carbocycles.